The number of benzene rings is 10. The van der Waals surface area contributed by atoms with E-state index in [1.165, 1.54) is 115 Å². The Balaban J connectivity index is 1.21. The highest BCUT2D eigenvalue weighted by Gasteiger charge is 2.21. The largest absolute Gasteiger partial charge is 0.309 e. The SMILES string of the molecule is Cc1ccc(-c2cc(-c3ccc(C)cc3)c3ccc4c(-c5ccc(-n6c7ccccc7c7ccccc76)cc5)cc(-c5ccc(C)cc5)c5ccc2c3c54)cc1. The maximum absolute atomic E-state index is 2.43. The van der Waals surface area contributed by atoms with Crippen LogP contribution in [0.5, 0.6) is 0 Å². The number of nitrogens with zero attached hydrogens (tertiary/aromatic N) is 1. The van der Waals surface area contributed by atoms with Gasteiger partial charge < -0.3 is 4.57 Å². The molecule has 1 aromatic heterocycles. The minimum atomic E-state index is 1.16. The molecule has 10 aromatic carbocycles. The van der Waals surface area contributed by atoms with E-state index in [4.69, 9.17) is 0 Å². The van der Waals surface area contributed by atoms with Gasteiger partial charge in [0.25, 0.3) is 0 Å². The zero-order valence-electron chi connectivity index (χ0n) is 31.8. The molecule has 0 spiro atoms. The minimum Gasteiger partial charge on any atom is -0.309 e. The summed E-state index contributed by atoms with van der Waals surface area (Å²) >= 11 is 0. The van der Waals surface area contributed by atoms with Crippen molar-refractivity contribution in [3.05, 3.63) is 199 Å². The molecule has 0 aliphatic heterocycles. The molecule has 11 rings (SSSR count). The van der Waals surface area contributed by atoms with E-state index in [-0.39, 0.29) is 0 Å². The summed E-state index contributed by atoms with van der Waals surface area (Å²) in [5, 5.41) is 10.3. The molecular formula is C55H39N. The average Bonchev–Trinajstić information content (AvgIpc) is 3.58. The molecule has 0 saturated carbocycles. The summed E-state index contributed by atoms with van der Waals surface area (Å²) in [5.41, 5.74) is 17.3. The Morgan fingerprint density at radius 1 is 0.286 bits per heavy atom. The highest BCUT2D eigenvalue weighted by atomic mass is 15.0. The van der Waals surface area contributed by atoms with E-state index in [9.17, 15) is 0 Å². The topological polar surface area (TPSA) is 4.93 Å². The minimum absolute atomic E-state index is 1.16. The Kier molecular flexibility index (Phi) is 7.28. The van der Waals surface area contributed by atoms with Crippen LogP contribution in [0.4, 0.5) is 0 Å². The van der Waals surface area contributed by atoms with Crippen molar-refractivity contribution in [2.24, 2.45) is 0 Å². The van der Waals surface area contributed by atoms with Crippen LogP contribution in [-0.4, -0.2) is 4.57 Å². The Morgan fingerprint density at radius 3 is 0.929 bits per heavy atom. The molecule has 0 aliphatic rings. The zero-order chi connectivity index (χ0) is 37.5. The molecule has 0 bridgehead atoms. The lowest BCUT2D eigenvalue weighted by Gasteiger charge is -2.22. The van der Waals surface area contributed by atoms with E-state index in [1.807, 2.05) is 0 Å². The first kappa shape index (κ1) is 32.5. The van der Waals surface area contributed by atoms with Gasteiger partial charge in [0.2, 0.25) is 0 Å². The number of hydrogen-bond acceptors (Lipinski definition) is 0. The van der Waals surface area contributed by atoms with E-state index in [2.05, 4.69) is 207 Å². The second-order valence-corrected chi connectivity index (χ2v) is 15.5. The maximum Gasteiger partial charge on any atom is 0.0541 e. The van der Waals surface area contributed by atoms with Gasteiger partial charge in [0.15, 0.2) is 0 Å². The summed E-state index contributed by atoms with van der Waals surface area (Å²) in [6.45, 7) is 6.49. The molecule has 264 valence electrons. The molecule has 0 atom stereocenters. The van der Waals surface area contributed by atoms with Crippen molar-refractivity contribution in [2.45, 2.75) is 20.8 Å². The Labute approximate surface area is 327 Å². The fourth-order valence-electron chi connectivity index (χ4n) is 9.14. The molecule has 1 nitrogen and oxygen atoms in total. The van der Waals surface area contributed by atoms with Gasteiger partial charge in [-0.2, -0.15) is 0 Å². The normalized spacial score (nSPS) is 11.8. The first-order valence-corrected chi connectivity index (χ1v) is 19.6. The molecule has 11 aromatic rings. The lowest BCUT2D eigenvalue weighted by atomic mass is 9.82. The molecular weight excluding hydrogens is 675 g/mol. The van der Waals surface area contributed by atoms with Crippen molar-refractivity contribution in [3.8, 4) is 50.2 Å². The quantitative estimate of drug-likeness (QED) is 0.157. The van der Waals surface area contributed by atoms with Crippen LogP contribution in [0.1, 0.15) is 16.7 Å². The van der Waals surface area contributed by atoms with Crippen molar-refractivity contribution in [2.75, 3.05) is 0 Å². The van der Waals surface area contributed by atoms with Gasteiger partial charge in [0.1, 0.15) is 0 Å². The monoisotopic (exact) mass is 713 g/mol. The third kappa shape index (κ3) is 5.01. The van der Waals surface area contributed by atoms with Crippen LogP contribution in [-0.2, 0) is 0 Å². The molecule has 56 heavy (non-hydrogen) atoms. The van der Waals surface area contributed by atoms with Crippen LogP contribution < -0.4 is 0 Å². The van der Waals surface area contributed by atoms with Gasteiger partial charge in [0, 0.05) is 16.5 Å². The smallest absolute Gasteiger partial charge is 0.0541 e. The summed E-state index contributed by atoms with van der Waals surface area (Å²) < 4.78 is 2.40. The van der Waals surface area contributed by atoms with Crippen molar-refractivity contribution >= 4 is 54.1 Å². The molecule has 1 heteroatoms. The van der Waals surface area contributed by atoms with E-state index in [1.54, 1.807) is 0 Å². The molecule has 0 N–H and O–H groups in total. The van der Waals surface area contributed by atoms with Crippen LogP contribution in [0, 0.1) is 20.8 Å². The Hall–Kier alpha value is -6.96. The zero-order valence-corrected chi connectivity index (χ0v) is 31.8. The second kappa shape index (κ2) is 12.5. The second-order valence-electron chi connectivity index (χ2n) is 15.5. The number of fused-ring (bicyclic) bond motifs is 3. The van der Waals surface area contributed by atoms with Gasteiger partial charge in [0.05, 0.1) is 11.0 Å². The van der Waals surface area contributed by atoms with Crippen molar-refractivity contribution in [3.63, 3.8) is 0 Å². The van der Waals surface area contributed by atoms with E-state index in [0.29, 0.717) is 0 Å². The number of para-hydroxylation sites is 2. The fraction of sp³-hybridized carbons (Fsp3) is 0.0545. The van der Waals surface area contributed by atoms with Crippen LogP contribution in [0.3, 0.4) is 0 Å². The van der Waals surface area contributed by atoms with Crippen molar-refractivity contribution < 1.29 is 0 Å². The molecule has 0 fully saturated rings. The summed E-state index contributed by atoms with van der Waals surface area (Å²) in [6, 6.07) is 68.1. The summed E-state index contributed by atoms with van der Waals surface area (Å²) in [4.78, 5) is 0. The average molecular weight is 714 g/mol. The lowest BCUT2D eigenvalue weighted by molar-refractivity contribution is 1.18. The summed E-state index contributed by atoms with van der Waals surface area (Å²) in [6.07, 6.45) is 0. The number of rotatable bonds is 5. The highest BCUT2D eigenvalue weighted by Crippen LogP contribution is 2.48. The van der Waals surface area contributed by atoms with Gasteiger partial charge >= 0.3 is 0 Å². The Morgan fingerprint density at radius 2 is 0.589 bits per heavy atom. The predicted molar refractivity (Wildman–Crippen MR) is 240 cm³/mol. The van der Waals surface area contributed by atoms with E-state index >= 15 is 0 Å². The van der Waals surface area contributed by atoms with E-state index in [0.717, 1.165) is 5.69 Å². The predicted octanol–water partition coefficient (Wildman–Crippen LogP) is 15.3. The number of hydrogen-bond donors (Lipinski definition) is 0. The van der Waals surface area contributed by atoms with Crippen LogP contribution in [0.2, 0.25) is 0 Å². The maximum atomic E-state index is 2.43. The number of aromatic nitrogens is 1. The van der Waals surface area contributed by atoms with Gasteiger partial charge in [-0.1, -0.05) is 162 Å². The summed E-state index contributed by atoms with van der Waals surface area (Å²) in [7, 11) is 0. The van der Waals surface area contributed by atoms with Gasteiger partial charge in [-0.05, 0) is 134 Å². The third-order valence-electron chi connectivity index (χ3n) is 12.0. The first-order valence-electron chi connectivity index (χ1n) is 19.6. The molecule has 1 heterocycles. The standard InChI is InChI=1S/C55H39N/c1-34-12-18-37(19-13-34)48-32-49(38-20-14-35(2)15-21-38)45-30-31-47-51(33-50(39-22-16-36(3)17-23-39)46-29-28-44(48)54(45)55(46)47)40-24-26-41(27-25-40)56-52-10-6-4-8-42(52)43-9-5-7-11-53(43)56/h4-33H,1-3H3. The van der Waals surface area contributed by atoms with E-state index < -0.39 is 0 Å². The van der Waals surface area contributed by atoms with Gasteiger partial charge in [-0.15, -0.1) is 0 Å². The van der Waals surface area contributed by atoms with Crippen molar-refractivity contribution in [1.82, 2.24) is 4.57 Å². The third-order valence-corrected chi connectivity index (χ3v) is 12.0. The Bertz CT molecular complexity index is 3150. The molecule has 0 saturated heterocycles. The lowest BCUT2D eigenvalue weighted by Crippen LogP contribution is -1.95. The molecule has 0 amide bonds. The fourth-order valence-corrected chi connectivity index (χ4v) is 9.14. The van der Waals surface area contributed by atoms with Gasteiger partial charge in [-0.3, -0.25) is 0 Å². The first-order chi connectivity index (χ1) is 27.5. The highest BCUT2D eigenvalue weighted by molar-refractivity contribution is 6.32. The summed E-state index contributed by atoms with van der Waals surface area (Å²) in [5.74, 6) is 0. The van der Waals surface area contributed by atoms with Gasteiger partial charge in [-0.25, -0.2) is 0 Å². The van der Waals surface area contributed by atoms with Crippen LogP contribution in [0.15, 0.2) is 182 Å². The van der Waals surface area contributed by atoms with Crippen LogP contribution in [0.25, 0.3) is 104 Å². The van der Waals surface area contributed by atoms with Crippen molar-refractivity contribution in [1.29, 1.82) is 0 Å². The number of aryl methyl sites for hydroxylation is 3. The molecule has 0 aliphatic carbocycles. The van der Waals surface area contributed by atoms with Crippen LogP contribution >= 0.6 is 0 Å². The molecule has 0 radical (unpaired) electrons. The molecule has 0 unspecified atom stereocenters.